The molecular weight excluding hydrogens is 442 g/mol. The first-order valence-electron chi connectivity index (χ1n) is 9.53. The Labute approximate surface area is 189 Å². The Morgan fingerprint density at radius 1 is 1.19 bits per heavy atom. The summed E-state index contributed by atoms with van der Waals surface area (Å²) in [6.07, 6.45) is 0. The van der Waals surface area contributed by atoms with Crippen LogP contribution in [0.3, 0.4) is 0 Å². The standard InChI is InChI=1S/C21H24ClN3O5S/c1-6-30-17-13(22)7-12(8-14(17)28-4)9-23-19(26)18-11(2)16-20(29-5)24-15(10-27-3)25-21(16)31-18/h7-8H,6,9-10H2,1-5H3,(H,23,26). The molecule has 0 unspecified atom stereocenters. The van der Waals surface area contributed by atoms with Gasteiger partial charge in [0.25, 0.3) is 5.91 Å². The minimum atomic E-state index is -0.222. The third-order valence-electron chi connectivity index (χ3n) is 4.51. The van der Waals surface area contributed by atoms with Gasteiger partial charge in [-0.25, -0.2) is 4.98 Å². The van der Waals surface area contributed by atoms with Gasteiger partial charge in [-0.2, -0.15) is 4.98 Å². The summed E-state index contributed by atoms with van der Waals surface area (Å²) in [4.78, 5) is 23.0. The van der Waals surface area contributed by atoms with Gasteiger partial charge < -0.3 is 24.3 Å². The van der Waals surface area contributed by atoms with E-state index in [2.05, 4.69) is 15.3 Å². The van der Waals surface area contributed by atoms with E-state index < -0.39 is 0 Å². The zero-order chi connectivity index (χ0) is 22.5. The molecule has 1 aromatic carbocycles. The average molecular weight is 466 g/mol. The summed E-state index contributed by atoms with van der Waals surface area (Å²) in [5.41, 5.74) is 1.55. The van der Waals surface area contributed by atoms with Crippen LogP contribution < -0.4 is 19.5 Å². The maximum absolute atomic E-state index is 12.9. The number of rotatable bonds is 9. The number of thiophene rings is 1. The Balaban J connectivity index is 1.85. The highest BCUT2D eigenvalue weighted by molar-refractivity contribution is 7.20. The molecular formula is C21H24ClN3O5S. The topological polar surface area (TPSA) is 91.8 Å². The summed E-state index contributed by atoms with van der Waals surface area (Å²) in [5, 5.41) is 4.08. The van der Waals surface area contributed by atoms with Gasteiger partial charge in [0.15, 0.2) is 17.3 Å². The second-order valence-electron chi connectivity index (χ2n) is 6.54. The number of hydrogen-bond donors (Lipinski definition) is 1. The molecule has 0 bridgehead atoms. The smallest absolute Gasteiger partial charge is 0.261 e. The number of carbonyl (C=O) groups excluding carboxylic acids is 1. The highest BCUT2D eigenvalue weighted by Crippen LogP contribution is 2.37. The molecule has 2 heterocycles. The molecule has 1 amide bonds. The molecule has 10 heteroatoms. The minimum absolute atomic E-state index is 0.222. The number of nitrogens with one attached hydrogen (secondary N) is 1. The van der Waals surface area contributed by atoms with Crippen molar-refractivity contribution in [3.8, 4) is 17.4 Å². The second kappa shape index (κ2) is 10.1. The number of methoxy groups -OCH3 is 3. The van der Waals surface area contributed by atoms with Crippen molar-refractivity contribution >= 4 is 39.1 Å². The van der Waals surface area contributed by atoms with Crippen molar-refractivity contribution in [2.24, 2.45) is 0 Å². The number of amides is 1. The van der Waals surface area contributed by atoms with E-state index in [1.807, 2.05) is 13.8 Å². The zero-order valence-electron chi connectivity index (χ0n) is 18.0. The number of fused-ring (bicyclic) bond motifs is 1. The molecule has 0 aliphatic carbocycles. The first-order valence-corrected chi connectivity index (χ1v) is 10.7. The summed E-state index contributed by atoms with van der Waals surface area (Å²) in [5.74, 6) is 1.70. The van der Waals surface area contributed by atoms with Crippen LogP contribution in [0.5, 0.6) is 17.4 Å². The molecule has 3 aromatic rings. The second-order valence-corrected chi connectivity index (χ2v) is 7.95. The molecule has 0 radical (unpaired) electrons. The normalized spacial score (nSPS) is 10.9. The van der Waals surface area contributed by atoms with Crippen molar-refractivity contribution in [3.63, 3.8) is 0 Å². The van der Waals surface area contributed by atoms with Crippen molar-refractivity contribution in [2.45, 2.75) is 27.0 Å². The fourth-order valence-electron chi connectivity index (χ4n) is 3.12. The molecule has 2 aromatic heterocycles. The third kappa shape index (κ3) is 4.84. The minimum Gasteiger partial charge on any atom is -0.493 e. The van der Waals surface area contributed by atoms with Gasteiger partial charge in [-0.15, -0.1) is 11.3 Å². The van der Waals surface area contributed by atoms with Gasteiger partial charge in [0.1, 0.15) is 11.4 Å². The van der Waals surface area contributed by atoms with Crippen LogP contribution in [0, 0.1) is 6.92 Å². The molecule has 0 aliphatic rings. The molecule has 3 rings (SSSR count). The van der Waals surface area contributed by atoms with Gasteiger partial charge in [-0.3, -0.25) is 4.79 Å². The Kier molecular flexibility index (Phi) is 7.53. The number of aromatic nitrogens is 2. The number of halogens is 1. The number of nitrogens with zero attached hydrogens (tertiary/aromatic N) is 2. The van der Waals surface area contributed by atoms with Gasteiger partial charge >= 0.3 is 0 Å². The lowest BCUT2D eigenvalue weighted by atomic mass is 10.1. The predicted molar refractivity (Wildman–Crippen MR) is 120 cm³/mol. The molecule has 31 heavy (non-hydrogen) atoms. The molecule has 0 saturated heterocycles. The highest BCUT2D eigenvalue weighted by atomic mass is 35.5. The maximum atomic E-state index is 12.9. The lowest BCUT2D eigenvalue weighted by Gasteiger charge is -2.13. The zero-order valence-corrected chi connectivity index (χ0v) is 19.6. The van der Waals surface area contributed by atoms with E-state index in [1.54, 1.807) is 26.4 Å². The van der Waals surface area contributed by atoms with E-state index in [0.29, 0.717) is 44.5 Å². The van der Waals surface area contributed by atoms with Crippen LogP contribution in [0.2, 0.25) is 5.02 Å². The number of aryl methyl sites for hydroxylation is 1. The van der Waals surface area contributed by atoms with Gasteiger partial charge in [0.05, 0.1) is 36.1 Å². The van der Waals surface area contributed by atoms with Crippen LogP contribution >= 0.6 is 22.9 Å². The van der Waals surface area contributed by atoms with E-state index >= 15 is 0 Å². The molecule has 0 atom stereocenters. The molecule has 0 fully saturated rings. The number of ether oxygens (including phenoxy) is 4. The van der Waals surface area contributed by atoms with E-state index in [9.17, 15) is 4.79 Å². The van der Waals surface area contributed by atoms with Crippen LogP contribution in [0.4, 0.5) is 0 Å². The monoisotopic (exact) mass is 465 g/mol. The summed E-state index contributed by atoms with van der Waals surface area (Å²) in [6.45, 7) is 4.72. The quantitative estimate of drug-likeness (QED) is 0.507. The Morgan fingerprint density at radius 3 is 2.61 bits per heavy atom. The van der Waals surface area contributed by atoms with Crippen LogP contribution in [0.1, 0.15) is 33.5 Å². The number of carbonyl (C=O) groups is 1. The fourth-order valence-corrected chi connectivity index (χ4v) is 4.52. The first kappa shape index (κ1) is 23.1. The van der Waals surface area contributed by atoms with Crippen molar-refractivity contribution in [1.29, 1.82) is 0 Å². The molecule has 0 spiro atoms. The summed E-state index contributed by atoms with van der Waals surface area (Å²) in [7, 11) is 4.66. The fraction of sp³-hybridized carbons (Fsp3) is 0.381. The Morgan fingerprint density at radius 2 is 1.97 bits per heavy atom. The molecule has 1 N–H and O–H groups in total. The van der Waals surface area contributed by atoms with Gasteiger partial charge in [0.2, 0.25) is 5.88 Å². The van der Waals surface area contributed by atoms with Crippen molar-refractivity contribution in [1.82, 2.24) is 15.3 Å². The van der Waals surface area contributed by atoms with E-state index in [-0.39, 0.29) is 19.1 Å². The van der Waals surface area contributed by atoms with Gasteiger partial charge in [-0.05, 0) is 37.1 Å². The highest BCUT2D eigenvalue weighted by Gasteiger charge is 2.21. The summed E-state index contributed by atoms with van der Waals surface area (Å²) < 4.78 is 21.4. The number of hydrogen-bond acceptors (Lipinski definition) is 8. The summed E-state index contributed by atoms with van der Waals surface area (Å²) in [6, 6.07) is 3.54. The van der Waals surface area contributed by atoms with Crippen LogP contribution in [0.15, 0.2) is 12.1 Å². The van der Waals surface area contributed by atoms with E-state index in [4.69, 9.17) is 30.5 Å². The number of benzene rings is 1. The Hall–Kier alpha value is -2.62. The van der Waals surface area contributed by atoms with Crippen molar-refractivity contribution in [3.05, 3.63) is 39.0 Å². The van der Waals surface area contributed by atoms with Crippen molar-refractivity contribution < 1.29 is 23.7 Å². The molecule has 0 aliphatic heterocycles. The van der Waals surface area contributed by atoms with Crippen LogP contribution in [-0.4, -0.2) is 43.8 Å². The molecule has 8 nitrogen and oxygen atoms in total. The van der Waals surface area contributed by atoms with Gasteiger partial charge in [0, 0.05) is 13.7 Å². The third-order valence-corrected chi connectivity index (χ3v) is 5.97. The maximum Gasteiger partial charge on any atom is 0.261 e. The largest absolute Gasteiger partial charge is 0.493 e. The lowest BCUT2D eigenvalue weighted by Crippen LogP contribution is -2.22. The van der Waals surface area contributed by atoms with Crippen LogP contribution in [-0.2, 0) is 17.9 Å². The average Bonchev–Trinajstić information content (AvgIpc) is 3.09. The van der Waals surface area contributed by atoms with Crippen LogP contribution in [0.25, 0.3) is 10.2 Å². The van der Waals surface area contributed by atoms with E-state index in [0.717, 1.165) is 16.5 Å². The molecule has 0 saturated carbocycles. The van der Waals surface area contributed by atoms with E-state index in [1.165, 1.54) is 18.4 Å². The SMILES string of the molecule is CCOc1c(Cl)cc(CNC(=O)c2sc3nc(COC)nc(OC)c3c2C)cc1OC. The summed E-state index contributed by atoms with van der Waals surface area (Å²) >= 11 is 7.61. The first-order chi connectivity index (χ1) is 14.9. The molecule has 166 valence electrons. The predicted octanol–water partition coefficient (Wildman–Crippen LogP) is 4.15. The van der Waals surface area contributed by atoms with Gasteiger partial charge in [-0.1, -0.05) is 11.6 Å². The lowest BCUT2D eigenvalue weighted by molar-refractivity contribution is 0.0954. The Bertz CT molecular complexity index is 1100. The van der Waals surface area contributed by atoms with Crippen molar-refractivity contribution in [2.75, 3.05) is 27.9 Å².